The van der Waals surface area contributed by atoms with Gasteiger partial charge in [-0.1, -0.05) is 0 Å². The number of ether oxygens (including phenoxy) is 2. The van der Waals surface area contributed by atoms with Gasteiger partial charge in [0.15, 0.2) is 12.2 Å². The van der Waals surface area contributed by atoms with Crippen LogP contribution in [0.4, 0.5) is 5.69 Å². The van der Waals surface area contributed by atoms with E-state index in [1.54, 1.807) is 24.3 Å². The van der Waals surface area contributed by atoms with Gasteiger partial charge in [-0.2, -0.15) is 5.26 Å². The molecule has 1 N–H and O–H groups in total. The molecule has 6 heteroatoms. The predicted molar refractivity (Wildman–Crippen MR) is 74.3 cm³/mol. The predicted octanol–water partition coefficient (Wildman–Crippen LogP) is 1.61. The maximum atomic E-state index is 11.9. The highest BCUT2D eigenvalue weighted by Gasteiger charge is 2.28. The number of amides is 1. The fourth-order valence-corrected chi connectivity index (χ4v) is 1.94. The average molecular weight is 288 g/mol. The van der Waals surface area contributed by atoms with Gasteiger partial charge in [0.05, 0.1) is 11.6 Å². The summed E-state index contributed by atoms with van der Waals surface area (Å²) in [5.74, 6) is -0.930. The van der Waals surface area contributed by atoms with E-state index in [0.29, 0.717) is 24.3 Å². The highest BCUT2D eigenvalue weighted by molar-refractivity contribution is 5.95. The summed E-state index contributed by atoms with van der Waals surface area (Å²) in [5, 5.41) is 11.3. The summed E-state index contributed by atoms with van der Waals surface area (Å²) in [7, 11) is 0. The quantitative estimate of drug-likeness (QED) is 0.850. The van der Waals surface area contributed by atoms with Gasteiger partial charge in [0.25, 0.3) is 5.91 Å². The Balaban J connectivity index is 1.86. The summed E-state index contributed by atoms with van der Waals surface area (Å²) in [5.41, 5.74) is 1.05. The monoisotopic (exact) mass is 288 g/mol. The van der Waals surface area contributed by atoms with Crippen molar-refractivity contribution in [3.05, 3.63) is 29.8 Å². The molecule has 2 rings (SSSR count). The lowest BCUT2D eigenvalue weighted by atomic mass is 10.2. The van der Waals surface area contributed by atoms with E-state index in [-0.39, 0.29) is 0 Å². The van der Waals surface area contributed by atoms with Crippen molar-refractivity contribution in [1.82, 2.24) is 0 Å². The zero-order valence-electron chi connectivity index (χ0n) is 11.7. The Labute approximate surface area is 122 Å². The highest BCUT2D eigenvalue weighted by atomic mass is 16.6. The number of anilines is 1. The molecule has 1 amide bonds. The van der Waals surface area contributed by atoms with E-state index in [1.807, 2.05) is 6.07 Å². The molecule has 1 aromatic carbocycles. The molecule has 0 radical (unpaired) electrons. The number of nitrogens with zero attached hydrogens (tertiary/aromatic N) is 1. The number of esters is 1. The maximum Gasteiger partial charge on any atom is 0.336 e. The van der Waals surface area contributed by atoms with Gasteiger partial charge in [-0.3, -0.25) is 4.79 Å². The first-order chi connectivity index (χ1) is 10.1. The minimum atomic E-state index is -0.905. The van der Waals surface area contributed by atoms with Crippen LogP contribution >= 0.6 is 0 Å². The second-order valence-electron chi connectivity index (χ2n) is 4.76. The van der Waals surface area contributed by atoms with Crippen LogP contribution in [0.3, 0.4) is 0 Å². The van der Waals surface area contributed by atoms with Crippen molar-refractivity contribution in [3.8, 4) is 6.07 Å². The number of nitriles is 1. The van der Waals surface area contributed by atoms with E-state index >= 15 is 0 Å². The second-order valence-corrected chi connectivity index (χ2v) is 4.76. The molecule has 0 bridgehead atoms. The van der Waals surface area contributed by atoms with Crippen LogP contribution in [0.2, 0.25) is 0 Å². The van der Waals surface area contributed by atoms with E-state index in [1.165, 1.54) is 6.92 Å². The Morgan fingerprint density at radius 1 is 1.43 bits per heavy atom. The second kappa shape index (κ2) is 6.86. The third-order valence-corrected chi connectivity index (χ3v) is 3.14. The van der Waals surface area contributed by atoms with Crippen LogP contribution in [0, 0.1) is 11.3 Å². The Kier molecular flexibility index (Phi) is 4.90. The highest BCUT2D eigenvalue weighted by Crippen LogP contribution is 2.15. The van der Waals surface area contributed by atoms with Gasteiger partial charge < -0.3 is 14.8 Å². The van der Waals surface area contributed by atoms with Crippen LogP contribution in [-0.2, 0) is 19.1 Å². The molecule has 0 aliphatic carbocycles. The van der Waals surface area contributed by atoms with Gasteiger partial charge in [0.1, 0.15) is 0 Å². The number of rotatable bonds is 4. The van der Waals surface area contributed by atoms with E-state index in [9.17, 15) is 9.59 Å². The molecule has 21 heavy (non-hydrogen) atoms. The van der Waals surface area contributed by atoms with E-state index < -0.39 is 24.1 Å². The van der Waals surface area contributed by atoms with Gasteiger partial charge >= 0.3 is 5.97 Å². The molecule has 0 aromatic heterocycles. The first kappa shape index (κ1) is 15.0. The van der Waals surface area contributed by atoms with Crippen LogP contribution in [0.25, 0.3) is 0 Å². The van der Waals surface area contributed by atoms with Crippen LogP contribution in [-0.4, -0.2) is 30.7 Å². The Morgan fingerprint density at radius 2 is 2.14 bits per heavy atom. The molecular weight excluding hydrogens is 272 g/mol. The fourth-order valence-electron chi connectivity index (χ4n) is 1.94. The summed E-state index contributed by atoms with van der Waals surface area (Å²) >= 11 is 0. The van der Waals surface area contributed by atoms with Gasteiger partial charge in [-0.05, 0) is 44.0 Å². The number of benzene rings is 1. The lowest BCUT2D eigenvalue weighted by Gasteiger charge is -2.15. The number of carbonyl (C=O) groups excluding carboxylic acids is 2. The molecule has 2 atom stereocenters. The Bertz CT molecular complexity index is 556. The summed E-state index contributed by atoms with van der Waals surface area (Å²) in [6.45, 7) is 2.05. The van der Waals surface area contributed by atoms with Crippen LogP contribution in [0.5, 0.6) is 0 Å². The molecule has 0 unspecified atom stereocenters. The van der Waals surface area contributed by atoms with Gasteiger partial charge in [0, 0.05) is 12.3 Å². The number of hydrogen-bond acceptors (Lipinski definition) is 5. The molecule has 0 saturated carbocycles. The molecule has 1 heterocycles. The summed E-state index contributed by atoms with van der Waals surface area (Å²) in [6, 6.07) is 8.42. The molecule has 1 aromatic rings. The smallest absolute Gasteiger partial charge is 0.336 e. The SMILES string of the molecule is C[C@H](OC(=O)[C@H]1CCCO1)C(=O)Nc1ccc(C#N)cc1. The molecule has 1 aliphatic heterocycles. The minimum absolute atomic E-state index is 0.425. The van der Waals surface area contributed by atoms with Crippen molar-refractivity contribution in [3.63, 3.8) is 0 Å². The van der Waals surface area contributed by atoms with Crippen molar-refractivity contribution < 1.29 is 19.1 Å². The Hall–Kier alpha value is -2.39. The first-order valence-corrected chi connectivity index (χ1v) is 6.73. The lowest BCUT2D eigenvalue weighted by molar-refractivity contribution is -0.162. The third-order valence-electron chi connectivity index (χ3n) is 3.14. The zero-order chi connectivity index (χ0) is 15.2. The Morgan fingerprint density at radius 3 is 2.71 bits per heavy atom. The number of nitrogens with one attached hydrogen (secondary N) is 1. The van der Waals surface area contributed by atoms with Crippen molar-refractivity contribution in [2.24, 2.45) is 0 Å². The van der Waals surface area contributed by atoms with Crippen LogP contribution < -0.4 is 5.32 Å². The lowest BCUT2D eigenvalue weighted by Crippen LogP contribution is -2.33. The molecule has 110 valence electrons. The molecule has 6 nitrogen and oxygen atoms in total. The standard InChI is InChI=1S/C15H16N2O4/c1-10(21-15(19)13-3-2-8-20-13)14(18)17-12-6-4-11(9-16)5-7-12/h4-7,10,13H,2-3,8H2,1H3,(H,17,18)/t10-,13+/m0/s1. The van der Waals surface area contributed by atoms with E-state index in [0.717, 1.165) is 6.42 Å². The fraction of sp³-hybridized carbons (Fsp3) is 0.400. The maximum absolute atomic E-state index is 11.9. The summed E-state index contributed by atoms with van der Waals surface area (Å²) < 4.78 is 10.3. The topological polar surface area (TPSA) is 88.4 Å². The molecule has 1 saturated heterocycles. The number of carbonyl (C=O) groups is 2. The van der Waals surface area contributed by atoms with Crippen LogP contribution in [0.15, 0.2) is 24.3 Å². The molecular formula is C15H16N2O4. The molecule has 1 fully saturated rings. The minimum Gasteiger partial charge on any atom is -0.451 e. The molecule has 1 aliphatic rings. The van der Waals surface area contributed by atoms with Crippen molar-refractivity contribution in [2.45, 2.75) is 32.0 Å². The van der Waals surface area contributed by atoms with Crippen molar-refractivity contribution >= 4 is 17.6 Å². The van der Waals surface area contributed by atoms with E-state index in [4.69, 9.17) is 14.7 Å². The molecule has 0 spiro atoms. The summed E-state index contributed by atoms with van der Waals surface area (Å²) in [6.07, 6.45) is -0.0125. The summed E-state index contributed by atoms with van der Waals surface area (Å²) in [4.78, 5) is 23.7. The van der Waals surface area contributed by atoms with Gasteiger partial charge in [0.2, 0.25) is 0 Å². The van der Waals surface area contributed by atoms with Crippen molar-refractivity contribution in [2.75, 3.05) is 11.9 Å². The normalized spacial score (nSPS) is 18.6. The average Bonchev–Trinajstić information content (AvgIpc) is 3.02. The first-order valence-electron chi connectivity index (χ1n) is 6.73. The van der Waals surface area contributed by atoms with Crippen LogP contribution in [0.1, 0.15) is 25.3 Å². The zero-order valence-corrected chi connectivity index (χ0v) is 11.7. The third kappa shape index (κ3) is 4.04. The number of hydrogen-bond donors (Lipinski definition) is 1. The largest absolute Gasteiger partial charge is 0.451 e. The van der Waals surface area contributed by atoms with Crippen molar-refractivity contribution in [1.29, 1.82) is 5.26 Å². The van der Waals surface area contributed by atoms with Gasteiger partial charge in [-0.25, -0.2) is 4.79 Å². The van der Waals surface area contributed by atoms with E-state index in [2.05, 4.69) is 5.32 Å². The van der Waals surface area contributed by atoms with Gasteiger partial charge in [-0.15, -0.1) is 0 Å².